The molecule has 44 heavy (non-hydrogen) atoms. The van der Waals surface area contributed by atoms with E-state index in [0.29, 0.717) is 40.8 Å². The highest BCUT2D eigenvalue weighted by Gasteiger charge is 2.54. The molecule has 2 saturated heterocycles. The Labute approximate surface area is 254 Å². The van der Waals surface area contributed by atoms with Crippen LogP contribution in [0.25, 0.3) is 22.0 Å². The van der Waals surface area contributed by atoms with Crippen molar-refractivity contribution >= 4 is 28.8 Å². The predicted octanol–water partition coefficient (Wildman–Crippen LogP) is 4.59. The van der Waals surface area contributed by atoms with Crippen LogP contribution in [0.2, 0.25) is 0 Å². The van der Waals surface area contributed by atoms with Crippen LogP contribution in [-0.2, 0) is 27.2 Å². The van der Waals surface area contributed by atoms with Gasteiger partial charge in [-0.3, -0.25) is 4.68 Å². The largest absolute Gasteiger partial charge is 0.464 e. The standard InChI is InChI=1S/C32H36FN7O4/c1-5-43-29(41)28(27-24-7-6-12-37(24)19-35-27)40-14-22-23(36-40)10-9-21(26(22)33)20-8-11-25(34-13-20)38-15-32(16-38)17-39(18-32)30(42)44-31(2,3)4/h8-11,13-14,19,28H,5-7,12,15-18H2,1-4H3. The van der Waals surface area contributed by atoms with Gasteiger partial charge in [-0.05, 0) is 64.8 Å². The smallest absolute Gasteiger partial charge is 0.410 e. The Hall–Kier alpha value is -4.48. The van der Waals surface area contributed by atoms with Gasteiger partial charge in [0, 0.05) is 67.4 Å². The quantitative estimate of drug-likeness (QED) is 0.296. The average molecular weight is 602 g/mol. The fourth-order valence-corrected chi connectivity index (χ4v) is 6.61. The molecule has 3 aromatic heterocycles. The first-order chi connectivity index (χ1) is 21.0. The Morgan fingerprint density at radius 2 is 1.89 bits per heavy atom. The normalized spacial score (nSPS) is 17.8. The average Bonchev–Trinajstić information content (AvgIpc) is 3.65. The van der Waals surface area contributed by atoms with Crippen molar-refractivity contribution < 1.29 is 23.5 Å². The lowest BCUT2D eigenvalue weighted by atomic mass is 9.73. The van der Waals surface area contributed by atoms with E-state index in [1.807, 2.05) is 37.5 Å². The number of hydrogen-bond donors (Lipinski definition) is 0. The number of likely N-dealkylation sites (tertiary alicyclic amines) is 1. The molecule has 3 aliphatic rings. The van der Waals surface area contributed by atoms with E-state index in [4.69, 9.17) is 9.47 Å². The van der Waals surface area contributed by atoms with Crippen LogP contribution in [-0.4, -0.2) is 79.7 Å². The number of fused-ring (bicyclic) bond motifs is 2. The topological polar surface area (TPSA) is 108 Å². The van der Waals surface area contributed by atoms with Gasteiger partial charge in [0.05, 0.1) is 29.5 Å². The molecule has 230 valence electrons. The summed E-state index contributed by atoms with van der Waals surface area (Å²) in [5, 5.41) is 4.89. The van der Waals surface area contributed by atoms with E-state index in [-0.39, 0.29) is 18.1 Å². The molecular weight excluding hydrogens is 565 g/mol. The van der Waals surface area contributed by atoms with Gasteiger partial charge in [0.1, 0.15) is 17.2 Å². The molecular formula is C32H36FN7O4. The van der Waals surface area contributed by atoms with E-state index in [1.54, 1.807) is 42.7 Å². The lowest BCUT2D eigenvalue weighted by Crippen LogP contribution is -2.73. The number of anilines is 1. The number of pyridine rings is 1. The monoisotopic (exact) mass is 601 g/mol. The van der Waals surface area contributed by atoms with Crippen molar-refractivity contribution in [3.63, 3.8) is 0 Å². The number of imidazole rings is 1. The second-order valence-corrected chi connectivity index (χ2v) is 13.1. The molecule has 3 aliphatic heterocycles. The number of carbonyl (C=O) groups is 2. The molecule has 0 saturated carbocycles. The van der Waals surface area contributed by atoms with Crippen LogP contribution in [0.1, 0.15) is 51.5 Å². The van der Waals surface area contributed by atoms with E-state index in [0.717, 1.165) is 44.0 Å². The number of rotatable bonds is 6. The number of halogens is 1. The van der Waals surface area contributed by atoms with Gasteiger partial charge in [0.15, 0.2) is 6.04 Å². The molecule has 1 atom stereocenters. The number of nitrogens with zero attached hydrogens (tertiary/aromatic N) is 7. The number of carbonyl (C=O) groups excluding carboxylic acids is 2. The lowest BCUT2D eigenvalue weighted by molar-refractivity contribution is -0.146. The number of aromatic nitrogens is 5. The summed E-state index contributed by atoms with van der Waals surface area (Å²) >= 11 is 0. The fraction of sp³-hybridized carbons (Fsp3) is 0.469. The van der Waals surface area contributed by atoms with Gasteiger partial charge in [0.25, 0.3) is 0 Å². The lowest BCUT2D eigenvalue weighted by Gasteiger charge is -2.60. The van der Waals surface area contributed by atoms with E-state index in [1.165, 1.54) is 4.68 Å². The number of aryl methyl sites for hydroxylation is 1. The van der Waals surface area contributed by atoms with Crippen LogP contribution in [0.3, 0.4) is 0 Å². The molecule has 0 bridgehead atoms. The minimum Gasteiger partial charge on any atom is -0.464 e. The predicted molar refractivity (Wildman–Crippen MR) is 161 cm³/mol. The maximum atomic E-state index is 16.0. The minimum absolute atomic E-state index is 0.0760. The Kier molecular flexibility index (Phi) is 6.63. The van der Waals surface area contributed by atoms with E-state index in [2.05, 4.69) is 20.0 Å². The van der Waals surface area contributed by atoms with Crippen molar-refractivity contribution in [2.75, 3.05) is 37.7 Å². The van der Waals surface area contributed by atoms with Gasteiger partial charge in [-0.25, -0.2) is 23.9 Å². The zero-order chi connectivity index (χ0) is 30.8. The summed E-state index contributed by atoms with van der Waals surface area (Å²) in [5.74, 6) is -0.0868. The summed E-state index contributed by atoms with van der Waals surface area (Å²) in [4.78, 5) is 38.5. The third kappa shape index (κ3) is 4.86. The fourth-order valence-electron chi connectivity index (χ4n) is 6.61. The van der Waals surface area contributed by atoms with Crippen LogP contribution < -0.4 is 4.90 Å². The third-order valence-electron chi connectivity index (χ3n) is 8.61. The molecule has 0 N–H and O–H groups in total. The van der Waals surface area contributed by atoms with E-state index < -0.39 is 23.4 Å². The van der Waals surface area contributed by atoms with Crippen LogP contribution in [0, 0.1) is 11.2 Å². The van der Waals surface area contributed by atoms with E-state index >= 15 is 4.39 Å². The summed E-state index contributed by atoms with van der Waals surface area (Å²) in [5.41, 5.74) is 2.64. The second-order valence-electron chi connectivity index (χ2n) is 13.1. The van der Waals surface area contributed by atoms with Gasteiger partial charge < -0.3 is 23.8 Å². The van der Waals surface area contributed by atoms with E-state index in [9.17, 15) is 9.59 Å². The zero-order valence-corrected chi connectivity index (χ0v) is 25.4. The first-order valence-corrected chi connectivity index (χ1v) is 15.1. The second kappa shape index (κ2) is 10.3. The number of hydrogen-bond acceptors (Lipinski definition) is 8. The minimum atomic E-state index is -0.896. The SMILES string of the molecule is CCOC(=O)C(c1ncn2c1CCC2)n1cc2c(F)c(-c3ccc(N4CC5(CN(C(=O)OC(C)(C)C)C5)C4)nc3)ccc2n1. The summed E-state index contributed by atoms with van der Waals surface area (Å²) in [7, 11) is 0. The van der Waals surface area contributed by atoms with Crippen LogP contribution in [0.5, 0.6) is 0 Å². The van der Waals surface area contributed by atoms with Gasteiger partial charge in [-0.1, -0.05) is 0 Å². The first kappa shape index (κ1) is 28.3. The van der Waals surface area contributed by atoms with Gasteiger partial charge >= 0.3 is 12.1 Å². The Morgan fingerprint density at radius 3 is 2.59 bits per heavy atom. The molecule has 1 unspecified atom stereocenters. The van der Waals surface area contributed by atoms with Crippen LogP contribution in [0.15, 0.2) is 43.0 Å². The molecule has 12 heteroatoms. The van der Waals surface area contributed by atoms with Gasteiger partial charge in [-0.15, -0.1) is 0 Å². The molecule has 7 rings (SSSR count). The molecule has 1 aromatic carbocycles. The van der Waals surface area contributed by atoms with Crippen molar-refractivity contribution in [3.8, 4) is 11.1 Å². The van der Waals surface area contributed by atoms with Crippen molar-refractivity contribution in [1.29, 1.82) is 0 Å². The molecule has 1 amide bonds. The highest BCUT2D eigenvalue weighted by atomic mass is 19.1. The Morgan fingerprint density at radius 1 is 1.09 bits per heavy atom. The molecule has 6 heterocycles. The zero-order valence-electron chi connectivity index (χ0n) is 25.4. The number of ether oxygens (including phenoxy) is 2. The summed E-state index contributed by atoms with van der Waals surface area (Å²) in [6, 6.07) is 6.32. The summed E-state index contributed by atoms with van der Waals surface area (Å²) in [6.45, 7) is 11.4. The number of benzene rings is 1. The van der Waals surface area contributed by atoms with Crippen molar-refractivity contribution in [3.05, 3.63) is 60.2 Å². The van der Waals surface area contributed by atoms with Gasteiger partial charge in [-0.2, -0.15) is 5.10 Å². The number of amides is 1. The molecule has 0 radical (unpaired) electrons. The Balaban J connectivity index is 1.07. The Bertz CT molecular complexity index is 1740. The molecule has 0 aliphatic carbocycles. The molecule has 2 fully saturated rings. The highest BCUT2D eigenvalue weighted by molar-refractivity contribution is 5.86. The third-order valence-corrected chi connectivity index (χ3v) is 8.61. The van der Waals surface area contributed by atoms with Crippen molar-refractivity contribution in [2.24, 2.45) is 5.41 Å². The maximum absolute atomic E-state index is 16.0. The van der Waals surface area contributed by atoms with Gasteiger partial charge in [0.2, 0.25) is 0 Å². The molecule has 4 aromatic rings. The van der Waals surface area contributed by atoms with Crippen molar-refractivity contribution in [1.82, 2.24) is 29.2 Å². The van der Waals surface area contributed by atoms with Crippen molar-refractivity contribution in [2.45, 2.75) is 58.7 Å². The summed E-state index contributed by atoms with van der Waals surface area (Å²) in [6.07, 6.45) is 6.52. The molecule has 1 spiro atoms. The number of esters is 1. The maximum Gasteiger partial charge on any atom is 0.410 e. The van der Waals surface area contributed by atoms with Crippen LogP contribution >= 0.6 is 0 Å². The summed E-state index contributed by atoms with van der Waals surface area (Å²) < 4.78 is 30.3. The molecule has 11 nitrogen and oxygen atoms in total. The highest BCUT2D eigenvalue weighted by Crippen LogP contribution is 2.42. The van der Waals surface area contributed by atoms with Crippen LogP contribution in [0.4, 0.5) is 15.0 Å². The first-order valence-electron chi connectivity index (χ1n) is 15.1.